The van der Waals surface area contributed by atoms with Crippen molar-refractivity contribution in [3.8, 4) is 17.2 Å². The fraction of sp³-hybridized carbons (Fsp3) is 0.263. The maximum absolute atomic E-state index is 12.4. The zero-order valence-corrected chi connectivity index (χ0v) is 15.8. The van der Waals surface area contributed by atoms with E-state index in [-0.39, 0.29) is 11.1 Å². The Morgan fingerprint density at radius 2 is 1.62 bits per heavy atom. The Morgan fingerprint density at radius 1 is 0.885 bits per heavy atom. The lowest BCUT2D eigenvalue weighted by Gasteiger charge is -2.11. The van der Waals surface area contributed by atoms with E-state index in [0.29, 0.717) is 17.2 Å². The van der Waals surface area contributed by atoms with Gasteiger partial charge in [0.05, 0.1) is 26.9 Å². The molecule has 26 heavy (non-hydrogen) atoms. The summed E-state index contributed by atoms with van der Waals surface area (Å²) >= 11 is 1.53. The molecule has 2 aromatic rings. The van der Waals surface area contributed by atoms with E-state index in [9.17, 15) is 9.59 Å². The maximum Gasteiger partial charge on any atom is 0.342 e. The van der Waals surface area contributed by atoms with Gasteiger partial charge in [-0.15, -0.1) is 11.8 Å². The molecule has 0 atom stereocenters. The van der Waals surface area contributed by atoms with Gasteiger partial charge in [-0.1, -0.05) is 0 Å². The van der Waals surface area contributed by atoms with Gasteiger partial charge in [0.1, 0.15) is 22.8 Å². The maximum atomic E-state index is 12.4. The molecule has 6 nitrogen and oxygen atoms in total. The van der Waals surface area contributed by atoms with E-state index in [1.54, 1.807) is 36.4 Å². The predicted octanol–water partition coefficient (Wildman–Crippen LogP) is 3.47. The monoisotopic (exact) mass is 376 g/mol. The first-order valence-electron chi connectivity index (χ1n) is 7.68. The van der Waals surface area contributed by atoms with Crippen LogP contribution in [0.2, 0.25) is 0 Å². The SMILES string of the molecule is COc1ccc(OC)c(C(=O)COC(=O)c2ccc(SC)cc2OC)c1. The van der Waals surface area contributed by atoms with Crippen LogP contribution in [0.25, 0.3) is 0 Å². The van der Waals surface area contributed by atoms with Crippen LogP contribution in [0.1, 0.15) is 20.7 Å². The largest absolute Gasteiger partial charge is 0.497 e. The lowest BCUT2D eigenvalue weighted by Crippen LogP contribution is -2.15. The van der Waals surface area contributed by atoms with Crippen LogP contribution in [0.3, 0.4) is 0 Å². The number of ether oxygens (including phenoxy) is 4. The summed E-state index contributed by atoms with van der Waals surface area (Å²) < 4.78 is 20.7. The lowest BCUT2D eigenvalue weighted by molar-refractivity contribution is 0.0470. The first-order chi connectivity index (χ1) is 12.5. The second kappa shape index (κ2) is 9.15. The number of rotatable bonds is 8. The molecule has 2 aromatic carbocycles. The lowest BCUT2D eigenvalue weighted by atomic mass is 10.1. The second-order valence-corrected chi connectivity index (χ2v) is 6.01. The summed E-state index contributed by atoms with van der Waals surface area (Å²) in [5.74, 6) is 0.260. The van der Waals surface area contributed by atoms with E-state index in [0.717, 1.165) is 4.90 Å². The number of benzene rings is 2. The van der Waals surface area contributed by atoms with E-state index >= 15 is 0 Å². The molecular weight excluding hydrogens is 356 g/mol. The van der Waals surface area contributed by atoms with Gasteiger partial charge in [0.15, 0.2) is 6.61 Å². The first-order valence-corrected chi connectivity index (χ1v) is 8.90. The van der Waals surface area contributed by atoms with Gasteiger partial charge < -0.3 is 18.9 Å². The Labute approximate surface area is 156 Å². The predicted molar refractivity (Wildman–Crippen MR) is 98.9 cm³/mol. The molecule has 0 aromatic heterocycles. The zero-order valence-electron chi connectivity index (χ0n) is 15.0. The summed E-state index contributed by atoms with van der Waals surface area (Å²) in [6.07, 6.45) is 1.92. The summed E-state index contributed by atoms with van der Waals surface area (Å²) in [7, 11) is 4.44. The van der Waals surface area contributed by atoms with Crippen LogP contribution in [0.15, 0.2) is 41.3 Å². The summed E-state index contributed by atoms with van der Waals surface area (Å²) in [6, 6.07) is 10.00. The van der Waals surface area contributed by atoms with Crippen LogP contribution >= 0.6 is 11.8 Å². The molecule has 0 saturated heterocycles. The number of hydrogen-bond acceptors (Lipinski definition) is 7. The Kier molecular flexibility index (Phi) is 6.91. The standard InChI is InChI=1S/C19H20O6S/c1-22-12-5-8-17(23-2)15(9-12)16(20)11-25-19(21)14-7-6-13(26-4)10-18(14)24-3/h5-10H,11H2,1-4H3. The molecule has 0 radical (unpaired) electrons. The fourth-order valence-corrected chi connectivity index (χ4v) is 2.71. The van der Waals surface area contributed by atoms with E-state index in [1.807, 2.05) is 6.26 Å². The summed E-state index contributed by atoms with van der Waals surface area (Å²) in [5, 5.41) is 0. The van der Waals surface area contributed by atoms with Gasteiger partial charge >= 0.3 is 5.97 Å². The van der Waals surface area contributed by atoms with Crippen molar-refractivity contribution in [2.45, 2.75) is 4.90 Å². The molecule has 0 fully saturated rings. The number of methoxy groups -OCH3 is 3. The number of esters is 1. The molecule has 2 rings (SSSR count). The molecule has 0 bridgehead atoms. The highest BCUT2D eigenvalue weighted by atomic mass is 32.2. The van der Waals surface area contributed by atoms with Gasteiger partial charge in [0, 0.05) is 4.90 Å². The number of carbonyl (C=O) groups excluding carboxylic acids is 2. The van der Waals surface area contributed by atoms with E-state index < -0.39 is 18.4 Å². The van der Waals surface area contributed by atoms with Crippen molar-refractivity contribution in [3.05, 3.63) is 47.5 Å². The highest BCUT2D eigenvalue weighted by molar-refractivity contribution is 7.98. The minimum absolute atomic E-state index is 0.260. The van der Waals surface area contributed by atoms with Crippen LogP contribution in [0.5, 0.6) is 17.2 Å². The van der Waals surface area contributed by atoms with Crippen molar-refractivity contribution in [1.82, 2.24) is 0 Å². The van der Waals surface area contributed by atoms with Gasteiger partial charge in [-0.25, -0.2) is 4.79 Å². The molecule has 0 aliphatic heterocycles. The number of thioether (sulfide) groups is 1. The Hall–Kier alpha value is -2.67. The molecule has 0 aliphatic rings. The molecular formula is C19H20O6S. The number of hydrogen-bond donors (Lipinski definition) is 0. The van der Waals surface area contributed by atoms with Crippen molar-refractivity contribution < 1.29 is 28.5 Å². The Balaban J connectivity index is 2.13. The third kappa shape index (κ3) is 4.49. The first kappa shape index (κ1) is 19.7. The van der Waals surface area contributed by atoms with Crippen LogP contribution in [0.4, 0.5) is 0 Å². The molecule has 138 valence electrons. The van der Waals surface area contributed by atoms with Crippen LogP contribution in [-0.2, 0) is 4.74 Å². The van der Waals surface area contributed by atoms with Crippen LogP contribution in [-0.4, -0.2) is 45.9 Å². The number of Topliss-reactive ketones (excluding diaryl/α,β-unsaturated/α-hetero) is 1. The van der Waals surface area contributed by atoms with Crippen molar-refractivity contribution in [1.29, 1.82) is 0 Å². The summed E-state index contributed by atoms with van der Waals surface area (Å²) in [4.78, 5) is 25.7. The van der Waals surface area contributed by atoms with Gasteiger partial charge in [0.25, 0.3) is 0 Å². The topological polar surface area (TPSA) is 71.1 Å². The number of carbonyl (C=O) groups is 2. The highest BCUT2D eigenvalue weighted by Crippen LogP contribution is 2.27. The minimum atomic E-state index is -0.635. The average molecular weight is 376 g/mol. The molecule has 0 saturated carbocycles. The van der Waals surface area contributed by atoms with Crippen LogP contribution < -0.4 is 14.2 Å². The van der Waals surface area contributed by atoms with Gasteiger partial charge in [-0.05, 0) is 42.7 Å². The van der Waals surface area contributed by atoms with Gasteiger partial charge in [-0.3, -0.25) is 4.79 Å². The van der Waals surface area contributed by atoms with E-state index in [2.05, 4.69) is 0 Å². The molecule has 0 N–H and O–H groups in total. The normalized spacial score (nSPS) is 10.2. The quantitative estimate of drug-likeness (QED) is 0.397. The summed E-state index contributed by atoms with van der Waals surface area (Å²) in [6.45, 7) is -0.421. The molecule has 0 unspecified atom stereocenters. The van der Waals surface area contributed by atoms with Crippen molar-refractivity contribution in [2.75, 3.05) is 34.2 Å². The van der Waals surface area contributed by atoms with Crippen molar-refractivity contribution >= 4 is 23.5 Å². The van der Waals surface area contributed by atoms with Gasteiger partial charge in [-0.2, -0.15) is 0 Å². The average Bonchev–Trinajstić information content (AvgIpc) is 2.70. The molecule has 0 heterocycles. The molecule has 7 heteroatoms. The van der Waals surface area contributed by atoms with E-state index in [1.165, 1.54) is 33.1 Å². The minimum Gasteiger partial charge on any atom is -0.497 e. The van der Waals surface area contributed by atoms with Crippen molar-refractivity contribution in [3.63, 3.8) is 0 Å². The van der Waals surface area contributed by atoms with Crippen LogP contribution in [0, 0.1) is 0 Å². The van der Waals surface area contributed by atoms with Crippen molar-refractivity contribution in [2.24, 2.45) is 0 Å². The fourth-order valence-electron chi connectivity index (χ4n) is 2.29. The zero-order chi connectivity index (χ0) is 19.1. The molecule has 0 spiro atoms. The number of ketones is 1. The van der Waals surface area contributed by atoms with E-state index in [4.69, 9.17) is 18.9 Å². The van der Waals surface area contributed by atoms with Gasteiger partial charge in [0.2, 0.25) is 5.78 Å². The Morgan fingerprint density at radius 3 is 2.23 bits per heavy atom. The molecule has 0 aliphatic carbocycles. The Bertz CT molecular complexity index is 803. The highest BCUT2D eigenvalue weighted by Gasteiger charge is 2.19. The summed E-state index contributed by atoms with van der Waals surface area (Å²) in [5.41, 5.74) is 0.542. The smallest absolute Gasteiger partial charge is 0.342 e. The molecule has 0 amide bonds. The second-order valence-electron chi connectivity index (χ2n) is 5.13. The third-order valence-electron chi connectivity index (χ3n) is 3.67. The third-order valence-corrected chi connectivity index (χ3v) is 4.40.